The number of aromatic nitrogens is 1. The van der Waals surface area contributed by atoms with Gasteiger partial charge >= 0.3 is 0 Å². The van der Waals surface area contributed by atoms with Crippen LogP contribution in [-0.4, -0.2) is 35.2 Å². The Balaban J connectivity index is 1.91. The van der Waals surface area contributed by atoms with Crippen molar-refractivity contribution in [2.24, 2.45) is 5.73 Å². The third kappa shape index (κ3) is 5.18. The summed E-state index contributed by atoms with van der Waals surface area (Å²) in [7, 11) is 1.58. The number of nitrogens with two attached hydrogens (primary N) is 2. The molecule has 10 heteroatoms. The molecule has 178 valence electrons. The van der Waals surface area contributed by atoms with Crippen LogP contribution in [0.3, 0.4) is 0 Å². The number of hydrogen-bond acceptors (Lipinski definition) is 7. The molecule has 3 aromatic rings. The van der Waals surface area contributed by atoms with Crippen molar-refractivity contribution in [2.45, 2.75) is 33.4 Å². The lowest BCUT2D eigenvalue weighted by atomic mass is 10.1. The molecule has 0 unspecified atom stereocenters. The molecule has 3 amide bonds. The zero-order valence-electron chi connectivity index (χ0n) is 19.4. The van der Waals surface area contributed by atoms with Crippen LogP contribution in [-0.2, 0) is 11.3 Å². The Bertz CT molecular complexity index is 1220. The molecule has 1 atom stereocenters. The second-order valence-electron chi connectivity index (χ2n) is 7.85. The summed E-state index contributed by atoms with van der Waals surface area (Å²) in [5, 5.41) is 2.87. The van der Waals surface area contributed by atoms with Crippen LogP contribution >= 0.6 is 11.5 Å². The first-order valence-electron chi connectivity index (χ1n) is 10.5. The highest BCUT2D eigenvalue weighted by Crippen LogP contribution is 2.30. The zero-order chi connectivity index (χ0) is 25.0. The van der Waals surface area contributed by atoms with Gasteiger partial charge in [0.15, 0.2) is 5.69 Å². The molecular formula is C24H27N5O4S. The maximum Gasteiger partial charge on any atom is 0.272 e. The van der Waals surface area contributed by atoms with Crippen LogP contribution in [0.1, 0.15) is 43.8 Å². The second-order valence-corrected chi connectivity index (χ2v) is 8.62. The predicted molar refractivity (Wildman–Crippen MR) is 132 cm³/mol. The van der Waals surface area contributed by atoms with E-state index in [9.17, 15) is 14.4 Å². The molecule has 0 radical (unpaired) electrons. The highest BCUT2D eigenvalue weighted by molar-refractivity contribution is 7.09. The number of methoxy groups -OCH3 is 1. The van der Waals surface area contributed by atoms with Gasteiger partial charge in [0.1, 0.15) is 16.7 Å². The van der Waals surface area contributed by atoms with E-state index in [4.69, 9.17) is 16.2 Å². The van der Waals surface area contributed by atoms with Gasteiger partial charge in [-0.1, -0.05) is 29.8 Å². The summed E-state index contributed by atoms with van der Waals surface area (Å²) >= 11 is 0.777. The molecule has 0 saturated heterocycles. The number of nitrogen functional groups attached to an aromatic ring is 1. The van der Waals surface area contributed by atoms with Gasteiger partial charge in [-0.05, 0) is 61.6 Å². The van der Waals surface area contributed by atoms with Gasteiger partial charge in [0.25, 0.3) is 11.8 Å². The van der Waals surface area contributed by atoms with Crippen molar-refractivity contribution in [3.63, 3.8) is 0 Å². The number of rotatable bonds is 8. The number of carbonyl (C=O) groups excluding carboxylic acids is 3. The second kappa shape index (κ2) is 10.3. The quantitative estimate of drug-likeness (QED) is 0.452. The van der Waals surface area contributed by atoms with Gasteiger partial charge < -0.3 is 21.5 Å². The number of hydrogen-bond donors (Lipinski definition) is 3. The molecule has 1 aromatic heterocycles. The highest BCUT2D eigenvalue weighted by Gasteiger charge is 2.32. The minimum Gasteiger partial charge on any atom is -0.497 e. The topological polar surface area (TPSA) is 141 Å². The van der Waals surface area contributed by atoms with Crippen molar-refractivity contribution in [1.82, 2.24) is 9.69 Å². The zero-order valence-corrected chi connectivity index (χ0v) is 20.2. The molecule has 0 bridgehead atoms. The van der Waals surface area contributed by atoms with Gasteiger partial charge in [0, 0.05) is 12.2 Å². The van der Waals surface area contributed by atoms with Gasteiger partial charge in [0.05, 0.1) is 12.8 Å². The molecule has 0 spiro atoms. The van der Waals surface area contributed by atoms with Crippen molar-refractivity contribution in [2.75, 3.05) is 17.7 Å². The van der Waals surface area contributed by atoms with Crippen LogP contribution in [0.5, 0.6) is 5.75 Å². The highest BCUT2D eigenvalue weighted by atomic mass is 32.1. The van der Waals surface area contributed by atoms with E-state index in [0.29, 0.717) is 11.4 Å². The first-order valence-corrected chi connectivity index (χ1v) is 11.3. The number of benzene rings is 2. The lowest BCUT2D eigenvalue weighted by molar-refractivity contribution is -0.122. The molecule has 34 heavy (non-hydrogen) atoms. The number of amides is 3. The molecule has 3 rings (SSSR count). The Morgan fingerprint density at radius 1 is 1.15 bits per heavy atom. The average Bonchev–Trinajstić information content (AvgIpc) is 3.20. The molecule has 9 nitrogen and oxygen atoms in total. The Morgan fingerprint density at radius 3 is 2.38 bits per heavy atom. The van der Waals surface area contributed by atoms with E-state index < -0.39 is 17.9 Å². The van der Waals surface area contributed by atoms with Crippen LogP contribution < -0.4 is 26.4 Å². The summed E-state index contributed by atoms with van der Waals surface area (Å²) in [6.07, 6.45) is 0. The molecule has 0 aliphatic rings. The molecule has 0 aliphatic heterocycles. The van der Waals surface area contributed by atoms with Gasteiger partial charge in [-0.25, -0.2) is 0 Å². The van der Waals surface area contributed by atoms with E-state index in [1.165, 1.54) is 4.90 Å². The number of ether oxygens (including phenoxy) is 1. The normalized spacial score (nSPS) is 11.5. The molecule has 1 heterocycles. The van der Waals surface area contributed by atoms with Gasteiger partial charge in [-0.3, -0.25) is 19.3 Å². The minimum absolute atomic E-state index is 0.0450. The summed E-state index contributed by atoms with van der Waals surface area (Å²) in [5.74, 6) is -1.01. The van der Waals surface area contributed by atoms with Crippen molar-refractivity contribution in [3.8, 4) is 5.75 Å². The van der Waals surface area contributed by atoms with Crippen molar-refractivity contribution in [3.05, 3.63) is 69.7 Å². The Kier molecular flexibility index (Phi) is 7.52. The van der Waals surface area contributed by atoms with Crippen molar-refractivity contribution >= 4 is 40.6 Å². The summed E-state index contributed by atoms with van der Waals surface area (Å²) in [6, 6.07) is 12.0. The van der Waals surface area contributed by atoms with E-state index >= 15 is 0 Å². The fourth-order valence-electron chi connectivity index (χ4n) is 3.51. The number of nitrogens with zero attached hydrogens (tertiary/aromatic N) is 2. The largest absolute Gasteiger partial charge is 0.497 e. The molecular weight excluding hydrogens is 454 g/mol. The standard InChI is InChI=1S/C24H27N5O4S/c1-13-5-10-18(14(2)11-13)29(24(32)21-19(25)20(22(26)30)28-34-21)15(3)23(31)27-12-16-6-8-17(33-4)9-7-16/h5-11,15H,12,25H2,1-4H3,(H2,26,30)(H,27,31)/t15-/m1/s1. The molecule has 2 aromatic carbocycles. The van der Waals surface area contributed by atoms with Gasteiger partial charge in [-0.15, -0.1) is 0 Å². The first kappa shape index (κ1) is 24.7. The Morgan fingerprint density at radius 2 is 1.82 bits per heavy atom. The third-order valence-corrected chi connectivity index (χ3v) is 6.23. The van der Waals surface area contributed by atoms with Gasteiger partial charge in [0.2, 0.25) is 5.91 Å². The van der Waals surface area contributed by atoms with Crippen molar-refractivity contribution in [1.29, 1.82) is 0 Å². The lowest BCUT2D eigenvalue weighted by Crippen LogP contribution is -2.48. The summed E-state index contributed by atoms with van der Waals surface area (Å²) in [6.45, 7) is 5.70. The monoisotopic (exact) mass is 481 g/mol. The van der Waals surface area contributed by atoms with E-state index in [2.05, 4.69) is 9.69 Å². The number of carbonyl (C=O) groups is 3. The van der Waals surface area contributed by atoms with E-state index in [1.54, 1.807) is 32.2 Å². The Hall–Kier alpha value is -3.92. The molecule has 5 N–H and O–H groups in total. The summed E-state index contributed by atoms with van der Waals surface area (Å²) in [4.78, 5) is 39.7. The molecule has 0 aliphatic carbocycles. The number of anilines is 2. The number of aryl methyl sites for hydroxylation is 2. The van der Waals surface area contributed by atoms with Crippen LogP contribution in [0.15, 0.2) is 42.5 Å². The fraction of sp³-hybridized carbons (Fsp3) is 0.250. The van der Waals surface area contributed by atoms with E-state index in [-0.39, 0.29) is 28.7 Å². The SMILES string of the molecule is COc1ccc(CNC(=O)[C@@H](C)N(C(=O)c2snc(C(N)=O)c2N)c2ccc(C)cc2C)cc1. The van der Waals surface area contributed by atoms with E-state index in [0.717, 1.165) is 28.2 Å². The fourth-order valence-corrected chi connectivity index (χ4v) is 4.25. The van der Waals surface area contributed by atoms with E-state index in [1.807, 2.05) is 38.1 Å². The first-order chi connectivity index (χ1) is 16.1. The predicted octanol–water partition coefficient (Wildman–Crippen LogP) is 2.80. The maximum absolute atomic E-state index is 13.6. The number of nitrogens with one attached hydrogen (secondary N) is 1. The van der Waals surface area contributed by atoms with Crippen LogP contribution in [0.4, 0.5) is 11.4 Å². The lowest BCUT2D eigenvalue weighted by Gasteiger charge is -2.30. The smallest absolute Gasteiger partial charge is 0.272 e. The average molecular weight is 482 g/mol. The summed E-state index contributed by atoms with van der Waals surface area (Å²) in [5.41, 5.74) is 14.3. The molecule has 0 saturated carbocycles. The minimum atomic E-state index is -0.884. The van der Waals surface area contributed by atoms with Crippen LogP contribution in [0.25, 0.3) is 0 Å². The number of primary amides is 1. The molecule has 0 fully saturated rings. The third-order valence-electron chi connectivity index (χ3n) is 5.38. The summed E-state index contributed by atoms with van der Waals surface area (Å²) < 4.78 is 9.08. The Labute approximate surface area is 201 Å². The maximum atomic E-state index is 13.6. The van der Waals surface area contributed by atoms with Gasteiger partial charge in [-0.2, -0.15) is 4.37 Å². The van der Waals surface area contributed by atoms with Crippen LogP contribution in [0, 0.1) is 13.8 Å². The van der Waals surface area contributed by atoms with Crippen molar-refractivity contribution < 1.29 is 19.1 Å². The van der Waals surface area contributed by atoms with Crippen LogP contribution in [0.2, 0.25) is 0 Å².